The first-order chi connectivity index (χ1) is 8.63. The van der Waals surface area contributed by atoms with Crippen molar-refractivity contribution >= 4 is 16.7 Å². The van der Waals surface area contributed by atoms with E-state index >= 15 is 0 Å². The van der Waals surface area contributed by atoms with E-state index in [9.17, 15) is 14.4 Å². The normalized spacial score (nSPS) is 10.5. The molecule has 0 aliphatic rings. The Bertz CT molecular complexity index is 700. The summed E-state index contributed by atoms with van der Waals surface area (Å²) >= 11 is 0. The summed E-state index contributed by atoms with van der Waals surface area (Å²) in [4.78, 5) is 35.2. The van der Waals surface area contributed by atoms with Crippen LogP contribution in [-0.2, 0) is 11.3 Å². The van der Waals surface area contributed by atoms with Crippen LogP contribution in [0.2, 0.25) is 0 Å². The number of aromatic nitrogens is 2. The molecule has 94 valence electrons. The van der Waals surface area contributed by atoms with Gasteiger partial charge in [0.15, 0.2) is 0 Å². The molecule has 2 aromatic rings. The Kier molecular flexibility index (Phi) is 3.27. The number of carbonyl (C=O) groups is 1. The minimum absolute atomic E-state index is 0.188. The van der Waals surface area contributed by atoms with E-state index in [0.717, 1.165) is 4.68 Å². The number of aromatic amines is 1. The molecule has 1 amide bonds. The number of rotatable bonds is 3. The van der Waals surface area contributed by atoms with Gasteiger partial charge in [0.1, 0.15) is 6.54 Å². The number of benzene rings is 1. The van der Waals surface area contributed by atoms with Gasteiger partial charge in [-0.25, -0.2) is 4.68 Å². The number of amides is 1. The lowest BCUT2D eigenvalue weighted by Gasteiger charge is -2.06. The lowest BCUT2D eigenvalue weighted by molar-refractivity contribution is -0.121. The van der Waals surface area contributed by atoms with Crippen LogP contribution in [0.25, 0.3) is 10.8 Å². The zero-order valence-electron chi connectivity index (χ0n) is 9.90. The van der Waals surface area contributed by atoms with Crippen LogP contribution >= 0.6 is 0 Å². The minimum atomic E-state index is -0.380. The van der Waals surface area contributed by atoms with Gasteiger partial charge < -0.3 is 5.32 Å². The van der Waals surface area contributed by atoms with Crippen molar-refractivity contribution in [3.8, 4) is 0 Å². The van der Waals surface area contributed by atoms with Crippen molar-refractivity contribution in [2.24, 2.45) is 0 Å². The number of hydrogen-bond acceptors (Lipinski definition) is 3. The summed E-state index contributed by atoms with van der Waals surface area (Å²) in [6.07, 6.45) is 0. The van der Waals surface area contributed by atoms with Crippen LogP contribution < -0.4 is 16.4 Å². The van der Waals surface area contributed by atoms with Crippen LogP contribution in [0.4, 0.5) is 0 Å². The van der Waals surface area contributed by atoms with E-state index in [1.807, 2.05) is 0 Å². The Morgan fingerprint density at radius 3 is 2.61 bits per heavy atom. The highest BCUT2D eigenvalue weighted by molar-refractivity contribution is 5.81. The predicted octanol–water partition coefficient (Wildman–Crippen LogP) is -0.174. The van der Waals surface area contributed by atoms with Gasteiger partial charge in [-0.15, -0.1) is 0 Å². The van der Waals surface area contributed by atoms with E-state index in [1.165, 1.54) is 0 Å². The first kappa shape index (κ1) is 12.1. The highest BCUT2D eigenvalue weighted by atomic mass is 16.2. The molecular formula is C12H13N3O3. The molecule has 6 nitrogen and oxygen atoms in total. The SMILES string of the molecule is CCNC(=O)Cn1[nH]c(=O)c2ccccc2c1=O. The van der Waals surface area contributed by atoms with Crippen molar-refractivity contribution in [3.63, 3.8) is 0 Å². The molecule has 0 fully saturated rings. The van der Waals surface area contributed by atoms with Gasteiger partial charge in [0.05, 0.1) is 10.8 Å². The van der Waals surface area contributed by atoms with Gasteiger partial charge in [-0.3, -0.25) is 19.5 Å². The van der Waals surface area contributed by atoms with E-state index in [1.54, 1.807) is 31.2 Å². The third-order valence-electron chi connectivity index (χ3n) is 2.56. The van der Waals surface area contributed by atoms with Crippen LogP contribution in [0, 0.1) is 0 Å². The summed E-state index contributed by atoms with van der Waals surface area (Å²) < 4.78 is 1.02. The van der Waals surface area contributed by atoms with Crippen LogP contribution in [0.15, 0.2) is 33.9 Å². The van der Waals surface area contributed by atoms with E-state index in [0.29, 0.717) is 17.3 Å². The Balaban J connectivity index is 2.54. The molecule has 0 saturated heterocycles. The van der Waals surface area contributed by atoms with Crippen LogP contribution in [0.5, 0.6) is 0 Å². The number of H-pyrrole nitrogens is 1. The lowest BCUT2D eigenvalue weighted by Crippen LogP contribution is -2.36. The quantitative estimate of drug-likeness (QED) is 0.789. The Morgan fingerprint density at radius 1 is 1.28 bits per heavy atom. The molecule has 0 radical (unpaired) electrons. The summed E-state index contributed by atoms with van der Waals surface area (Å²) in [6.45, 7) is 2.07. The van der Waals surface area contributed by atoms with Crippen molar-refractivity contribution in [3.05, 3.63) is 45.0 Å². The van der Waals surface area contributed by atoms with E-state index in [4.69, 9.17) is 0 Å². The fourth-order valence-corrected chi connectivity index (χ4v) is 1.75. The molecule has 1 heterocycles. The second-order valence-electron chi connectivity index (χ2n) is 3.83. The number of nitrogens with one attached hydrogen (secondary N) is 2. The molecule has 1 aromatic carbocycles. The number of fused-ring (bicyclic) bond motifs is 1. The lowest BCUT2D eigenvalue weighted by atomic mass is 10.2. The van der Waals surface area contributed by atoms with Gasteiger partial charge >= 0.3 is 0 Å². The molecule has 0 bridgehead atoms. The average molecular weight is 247 g/mol. The fraction of sp³-hybridized carbons (Fsp3) is 0.250. The predicted molar refractivity (Wildman–Crippen MR) is 67.5 cm³/mol. The van der Waals surface area contributed by atoms with E-state index in [2.05, 4.69) is 10.4 Å². The number of carbonyl (C=O) groups excluding carboxylic acids is 1. The molecule has 6 heteroatoms. The number of hydrogen-bond donors (Lipinski definition) is 2. The average Bonchev–Trinajstić information content (AvgIpc) is 2.36. The highest BCUT2D eigenvalue weighted by Crippen LogP contribution is 2.01. The fourth-order valence-electron chi connectivity index (χ4n) is 1.75. The third kappa shape index (κ3) is 2.17. The van der Waals surface area contributed by atoms with E-state index < -0.39 is 0 Å². The Hall–Kier alpha value is -2.37. The monoisotopic (exact) mass is 247 g/mol. The summed E-state index contributed by atoms with van der Waals surface area (Å²) in [5, 5.41) is 5.60. The van der Waals surface area contributed by atoms with Gasteiger partial charge in [-0.1, -0.05) is 12.1 Å². The maximum Gasteiger partial charge on any atom is 0.273 e. The summed E-state index contributed by atoms with van der Waals surface area (Å²) in [5.74, 6) is -0.314. The molecule has 18 heavy (non-hydrogen) atoms. The molecular weight excluding hydrogens is 234 g/mol. The second-order valence-corrected chi connectivity index (χ2v) is 3.83. The summed E-state index contributed by atoms with van der Waals surface area (Å²) in [6, 6.07) is 6.51. The van der Waals surface area contributed by atoms with Gasteiger partial charge in [0, 0.05) is 6.54 Å². The molecule has 0 spiro atoms. The van der Waals surface area contributed by atoms with Crippen molar-refractivity contribution in [1.82, 2.24) is 15.1 Å². The third-order valence-corrected chi connectivity index (χ3v) is 2.56. The summed E-state index contributed by atoms with van der Waals surface area (Å²) in [7, 11) is 0. The molecule has 0 saturated carbocycles. The zero-order valence-corrected chi connectivity index (χ0v) is 9.90. The maximum absolute atomic E-state index is 12.0. The first-order valence-electron chi connectivity index (χ1n) is 5.62. The van der Waals surface area contributed by atoms with Crippen molar-refractivity contribution in [2.45, 2.75) is 13.5 Å². The van der Waals surface area contributed by atoms with Crippen molar-refractivity contribution < 1.29 is 4.79 Å². The topological polar surface area (TPSA) is 84.0 Å². The smallest absolute Gasteiger partial charge is 0.273 e. The largest absolute Gasteiger partial charge is 0.355 e. The number of likely N-dealkylation sites (N-methyl/N-ethyl adjacent to an activating group) is 1. The molecule has 0 aliphatic carbocycles. The van der Waals surface area contributed by atoms with Gasteiger partial charge in [0.25, 0.3) is 11.1 Å². The van der Waals surface area contributed by atoms with Crippen molar-refractivity contribution in [2.75, 3.05) is 6.54 Å². The van der Waals surface area contributed by atoms with Gasteiger partial charge in [0.2, 0.25) is 5.91 Å². The Labute approximate surface area is 102 Å². The zero-order chi connectivity index (χ0) is 13.1. The first-order valence-corrected chi connectivity index (χ1v) is 5.62. The van der Waals surface area contributed by atoms with Gasteiger partial charge in [-0.2, -0.15) is 0 Å². The molecule has 0 atom stereocenters. The molecule has 1 aromatic heterocycles. The standard InChI is InChI=1S/C12H13N3O3/c1-2-13-10(16)7-15-12(18)9-6-4-3-5-8(9)11(17)14-15/h3-6H,2,7H2,1H3,(H,13,16)(H,14,17). The molecule has 0 aliphatic heterocycles. The maximum atomic E-state index is 12.0. The van der Waals surface area contributed by atoms with Gasteiger partial charge in [-0.05, 0) is 19.1 Å². The Morgan fingerprint density at radius 2 is 1.94 bits per heavy atom. The molecule has 0 unspecified atom stereocenters. The minimum Gasteiger partial charge on any atom is -0.355 e. The van der Waals surface area contributed by atoms with Crippen LogP contribution in [0.1, 0.15) is 6.92 Å². The number of nitrogens with zero attached hydrogens (tertiary/aromatic N) is 1. The highest BCUT2D eigenvalue weighted by Gasteiger charge is 2.08. The van der Waals surface area contributed by atoms with E-state index in [-0.39, 0.29) is 23.6 Å². The second kappa shape index (κ2) is 4.87. The summed E-state index contributed by atoms with van der Waals surface area (Å²) in [5.41, 5.74) is -0.758. The molecule has 2 N–H and O–H groups in total. The van der Waals surface area contributed by atoms with Crippen LogP contribution in [0.3, 0.4) is 0 Å². The van der Waals surface area contributed by atoms with Crippen molar-refractivity contribution in [1.29, 1.82) is 0 Å². The molecule has 2 rings (SSSR count). The van der Waals surface area contributed by atoms with Crippen LogP contribution in [-0.4, -0.2) is 22.2 Å².